The zero-order valence-corrected chi connectivity index (χ0v) is 17.6. The van der Waals surface area contributed by atoms with Gasteiger partial charge in [-0.15, -0.1) is 0 Å². The molecule has 6 nitrogen and oxygen atoms in total. The van der Waals surface area contributed by atoms with Gasteiger partial charge in [-0.05, 0) is 18.6 Å². The van der Waals surface area contributed by atoms with Crippen molar-refractivity contribution in [3.8, 4) is 0 Å². The van der Waals surface area contributed by atoms with Gasteiger partial charge in [-0.3, -0.25) is 14.7 Å². The van der Waals surface area contributed by atoms with Crippen molar-refractivity contribution in [2.75, 3.05) is 62.2 Å². The SMILES string of the molecule is O=C([C@@H]1C[C@H](N2CCN(c3cnc4ccccc4c3)CC2)CN1)N1CCSCC1. The fourth-order valence-electron chi connectivity index (χ4n) is 4.77. The summed E-state index contributed by atoms with van der Waals surface area (Å²) in [6, 6.07) is 11.0. The minimum absolute atomic E-state index is 0.00539. The second-order valence-corrected chi connectivity index (χ2v) is 9.42. The number of thioether (sulfide) groups is 1. The number of pyridine rings is 1. The maximum atomic E-state index is 12.8. The van der Waals surface area contributed by atoms with Crippen molar-refractivity contribution in [1.82, 2.24) is 20.1 Å². The lowest BCUT2D eigenvalue weighted by atomic mass is 10.1. The number of rotatable bonds is 3. The van der Waals surface area contributed by atoms with Gasteiger partial charge in [0, 0.05) is 68.7 Å². The molecule has 0 bridgehead atoms. The van der Waals surface area contributed by atoms with E-state index < -0.39 is 0 Å². The van der Waals surface area contributed by atoms with Gasteiger partial charge < -0.3 is 15.1 Å². The molecule has 1 aromatic carbocycles. The summed E-state index contributed by atoms with van der Waals surface area (Å²) in [7, 11) is 0. The Morgan fingerprint density at radius 2 is 1.86 bits per heavy atom. The highest BCUT2D eigenvalue weighted by Crippen LogP contribution is 2.23. The third kappa shape index (κ3) is 4.09. The van der Waals surface area contributed by atoms with Crippen molar-refractivity contribution in [1.29, 1.82) is 0 Å². The van der Waals surface area contributed by atoms with Crippen LogP contribution >= 0.6 is 11.8 Å². The molecule has 1 N–H and O–H groups in total. The van der Waals surface area contributed by atoms with Crippen LogP contribution in [-0.4, -0.2) is 90.1 Å². The highest BCUT2D eigenvalue weighted by atomic mass is 32.2. The summed E-state index contributed by atoms with van der Waals surface area (Å²) >= 11 is 1.95. The molecule has 3 aliphatic heterocycles. The van der Waals surface area contributed by atoms with Crippen molar-refractivity contribution >= 4 is 34.3 Å². The summed E-state index contributed by atoms with van der Waals surface area (Å²) < 4.78 is 0. The molecule has 4 heterocycles. The molecule has 7 heteroatoms. The van der Waals surface area contributed by atoms with E-state index in [1.807, 2.05) is 24.0 Å². The number of piperazine rings is 1. The van der Waals surface area contributed by atoms with Crippen LogP contribution in [0.3, 0.4) is 0 Å². The van der Waals surface area contributed by atoms with Gasteiger partial charge in [0.15, 0.2) is 0 Å². The fourth-order valence-corrected chi connectivity index (χ4v) is 5.67. The molecule has 0 unspecified atom stereocenters. The summed E-state index contributed by atoms with van der Waals surface area (Å²) in [5, 5.41) is 4.70. The summed E-state index contributed by atoms with van der Waals surface area (Å²) in [6.07, 6.45) is 2.95. The Bertz CT molecular complexity index is 863. The topological polar surface area (TPSA) is 51.7 Å². The molecule has 154 valence electrons. The second-order valence-electron chi connectivity index (χ2n) is 8.20. The van der Waals surface area contributed by atoms with Crippen LogP contribution in [0.4, 0.5) is 5.69 Å². The lowest BCUT2D eigenvalue weighted by Crippen LogP contribution is -2.51. The quantitative estimate of drug-likeness (QED) is 0.829. The second kappa shape index (κ2) is 8.50. The number of aromatic nitrogens is 1. The lowest BCUT2D eigenvalue weighted by molar-refractivity contribution is -0.132. The van der Waals surface area contributed by atoms with Crippen LogP contribution in [-0.2, 0) is 4.79 Å². The average Bonchev–Trinajstić information content (AvgIpc) is 3.29. The van der Waals surface area contributed by atoms with Crippen molar-refractivity contribution in [3.05, 3.63) is 36.5 Å². The predicted molar refractivity (Wildman–Crippen MR) is 120 cm³/mol. The first-order chi connectivity index (χ1) is 14.3. The van der Waals surface area contributed by atoms with Crippen LogP contribution in [0, 0.1) is 0 Å². The van der Waals surface area contributed by atoms with E-state index in [0.717, 1.165) is 69.3 Å². The molecular weight excluding hydrogens is 382 g/mol. The van der Waals surface area contributed by atoms with E-state index in [-0.39, 0.29) is 6.04 Å². The molecule has 3 saturated heterocycles. The molecule has 2 aromatic rings. The molecular formula is C22H29N5OS. The Morgan fingerprint density at radius 3 is 2.69 bits per heavy atom. The first-order valence-electron chi connectivity index (χ1n) is 10.7. The highest BCUT2D eigenvalue weighted by Gasteiger charge is 2.36. The Hall–Kier alpha value is -1.83. The van der Waals surface area contributed by atoms with Crippen molar-refractivity contribution < 1.29 is 4.79 Å². The van der Waals surface area contributed by atoms with Crippen LogP contribution in [0.25, 0.3) is 10.9 Å². The van der Waals surface area contributed by atoms with E-state index in [0.29, 0.717) is 11.9 Å². The highest BCUT2D eigenvalue weighted by molar-refractivity contribution is 7.99. The van der Waals surface area contributed by atoms with Gasteiger partial charge in [0.05, 0.1) is 23.4 Å². The Kier molecular flexibility index (Phi) is 5.61. The van der Waals surface area contributed by atoms with E-state index in [2.05, 4.69) is 49.3 Å². The average molecular weight is 412 g/mol. The van der Waals surface area contributed by atoms with E-state index >= 15 is 0 Å². The standard InChI is InChI=1S/C22H29N5OS/c28-22(27-9-11-29-12-10-27)21-14-19(16-24-21)26-7-5-25(6-8-26)18-13-17-3-1-2-4-20(17)23-15-18/h1-4,13,15,19,21,24H,5-12,14,16H2/t19-,21-/m0/s1. The number of hydrogen-bond donors (Lipinski definition) is 1. The largest absolute Gasteiger partial charge is 0.368 e. The van der Waals surface area contributed by atoms with Crippen molar-refractivity contribution in [2.45, 2.75) is 18.5 Å². The smallest absolute Gasteiger partial charge is 0.239 e. The first-order valence-corrected chi connectivity index (χ1v) is 11.9. The van der Waals surface area contributed by atoms with Crippen LogP contribution in [0.1, 0.15) is 6.42 Å². The molecule has 5 rings (SSSR count). The minimum atomic E-state index is 0.00539. The monoisotopic (exact) mass is 411 g/mol. The van der Waals surface area contributed by atoms with Crippen molar-refractivity contribution in [3.63, 3.8) is 0 Å². The zero-order chi connectivity index (χ0) is 19.6. The molecule has 29 heavy (non-hydrogen) atoms. The number of carbonyl (C=O) groups is 1. The minimum Gasteiger partial charge on any atom is -0.368 e. The number of benzene rings is 1. The number of anilines is 1. The molecule has 1 amide bonds. The Labute approximate surface area is 176 Å². The predicted octanol–water partition coefficient (Wildman–Crippen LogP) is 1.66. The number of hydrogen-bond acceptors (Lipinski definition) is 6. The Morgan fingerprint density at radius 1 is 1.07 bits per heavy atom. The molecule has 0 aliphatic carbocycles. The number of para-hydroxylation sites is 1. The van der Waals surface area contributed by atoms with Gasteiger partial charge in [-0.2, -0.15) is 11.8 Å². The summed E-state index contributed by atoms with van der Waals surface area (Å²) in [5.41, 5.74) is 2.26. The number of nitrogens with one attached hydrogen (secondary N) is 1. The summed E-state index contributed by atoms with van der Waals surface area (Å²) in [4.78, 5) is 24.5. The first kappa shape index (κ1) is 19.2. The van der Waals surface area contributed by atoms with Crippen LogP contribution in [0.15, 0.2) is 36.5 Å². The molecule has 0 spiro atoms. The summed E-state index contributed by atoms with van der Waals surface area (Å²) in [5.74, 6) is 2.47. The molecule has 0 saturated carbocycles. The van der Waals surface area contributed by atoms with Crippen LogP contribution in [0.2, 0.25) is 0 Å². The van der Waals surface area contributed by atoms with Gasteiger partial charge in [-0.25, -0.2) is 0 Å². The Balaban J connectivity index is 1.16. The van der Waals surface area contributed by atoms with Gasteiger partial charge in [0.25, 0.3) is 0 Å². The van der Waals surface area contributed by atoms with Gasteiger partial charge in [0.2, 0.25) is 5.91 Å². The molecule has 2 atom stereocenters. The number of fused-ring (bicyclic) bond motifs is 1. The van der Waals surface area contributed by atoms with E-state index in [1.165, 1.54) is 11.1 Å². The molecule has 0 radical (unpaired) electrons. The van der Waals surface area contributed by atoms with Crippen molar-refractivity contribution in [2.24, 2.45) is 0 Å². The molecule has 3 fully saturated rings. The van der Waals surface area contributed by atoms with E-state index in [9.17, 15) is 4.79 Å². The number of nitrogens with zero attached hydrogens (tertiary/aromatic N) is 4. The maximum absolute atomic E-state index is 12.8. The maximum Gasteiger partial charge on any atom is 0.239 e. The van der Waals surface area contributed by atoms with Gasteiger partial charge >= 0.3 is 0 Å². The lowest BCUT2D eigenvalue weighted by Gasteiger charge is -2.39. The van der Waals surface area contributed by atoms with Crippen LogP contribution < -0.4 is 10.2 Å². The third-order valence-electron chi connectivity index (χ3n) is 6.50. The third-order valence-corrected chi connectivity index (χ3v) is 7.44. The van der Waals surface area contributed by atoms with Gasteiger partial charge in [-0.1, -0.05) is 18.2 Å². The fraction of sp³-hybridized carbons (Fsp3) is 0.545. The number of amides is 1. The van der Waals surface area contributed by atoms with Crippen LogP contribution in [0.5, 0.6) is 0 Å². The summed E-state index contributed by atoms with van der Waals surface area (Å²) in [6.45, 7) is 6.85. The normalized spacial score (nSPS) is 26.2. The molecule has 3 aliphatic rings. The van der Waals surface area contributed by atoms with E-state index in [4.69, 9.17) is 0 Å². The zero-order valence-electron chi connectivity index (χ0n) is 16.8. The van der Waals surface area contributed by atoms with Gasteiger partial charge in [0.1, 0.15) is 0 Å². The molecule has 1 aromatic heterocycles. The number of carbonyl (C=O) groups excluding carboxylic acids is 1. The van der Waals surface area contributed by atoms with E-state index in [1.54, 1.807) is 0 Å².